The number of ether oxygens (including phenoxy) is 2. The van der Waals surface area contributed by atoms with E-state index in [1.165, 1.54) is 23.3 Å². The molecular weight excluding hydrogens is 269 g/mol. The molecule has 2 aromatic carbocycles. The molecule has 1 unspecified atom stereocenters. The van der Waals surface area contributed by atoms with Gasteiger partial charge in [0.05, 0.1) is 26.4 Å². The highest BCUT2D eigenvalue weighted by molar-refractivity contribution is 5.44. The summed E-state index contributed by atoms with van der Waals surface area (Å²) in [5.74, 6) is 0.406. The predicted molar refractivity (Wildman–Crippen MR) is 78.8 cm³/mol. The molecule has 0 aliphatic carbocycles. The van der Waals surface area contributed by atoms with Crippen molar-refractivity contribution in [2.45, 2.75) is 19.3 Å². The van der Waals surface area contributed by atoms with Gasteiger partial charge in [-0.3, -0.25) is 0 Å². The van der Waals surface area contributed by atoms with Gasteiger partial charge in [0.2, 0.25) is 0 Å². The highest BCUT2D eigenvalue weighted by Crippen LogP contribution is 2.32. The minimum atomic E-state index is -0.268. The van der Waals surface area contributed by atoms with Gasteiger partial charge < -0.3 is 14.8 Å². The average molecular weight is 287 g/mol. The molecule has 0 aromatic heterocycles. The van der Waals surface area contributed by atoms with Crippen molar-refractivity contribution in [2.75, 3.05) is 14.2 Å². The first kappa shape index (κ1) is 14.0. The molecule has 0 amide bonds. The zero-order valence-electron chi connectivity index (χ0n) is 12.2. The molecule has 2 aromatic rings. The number of hydrogen-bond acceptors (Lipinski definition) is 3. The summed E-state index contributed by atoms with van der Waals surface area (Å²) in [5.41, 5.74) is 4.28. The molecule has 0 fully saturated rings. The van der Waals surface area contributed by atoms with Crippen LogP contribution >= 0.6 is 0 Å². The summed E-state index contributed by atoms with van der Waals surface area (Å²) in [6, 6.07) is 10.7. The fourth-order valence-corrected chi connectivity index (χ4v) is 2.80. The summed E-state index contributed by atoms with van der Waals surface area (Å²) >= 11 is 0. The van der Waals surface area contributed by atoms with Crippen molar-refractivity contribution in [1.29, 1.82) is 0 Å². The highest BCUT2D eigenvalue weighted by atomic mass is 19.1. The summed E-state index contributed by atoms with van der Waals surface area (Å²) in [5, 5.41) is 3.24. The third-order valence-electron chi connectivity index (χ3n) is 3.87. The topological polar surface area (TPSA) is 30.5 Å². The van der Waals surface area contributed by atoms with Crippen molar-refractivity contribution < 1.29 is 13.9 Å². The summed E-state index contributed by atoms with van der Waals surface area (Å²) in [4.78, 5) is 0. The van der Waals surface area contributed by atoms with Gasteiger partial charge in [-0.25, -0.2) is 4.39 Å². The normalized spacial score (nSPS) is 14.8. The zero-order chi connectivity index (χ0) is 14.8. The van der Waals surface area contributed by atoms with Crippen LogP contribution in [0.25, 0.3) is 0 Å². The quantitative estimate of drug-likeness (QED) is 0.937. The minimum Gasteiger partial charge on any atom is -0.496 e. The van der Waals surface area contributed by atoms with Crippen LogP contribution in [0.5, 0.6) is 5.75 Å². The Bertz CT molecular complexity index is 657. The van der Waals surface area contributed by atoms with Crippen LogP contribution in [-0.2, 0) is 18.0 Å². The van der Waals surface area contributed by atoms with E-state index in [2.05, 4.69) is 23.5 Å². The van der Waals surface area contributed by atoms with Gasteiger partial charge in [-0.15, -0.1) is 0 Å². The SMILES string of the molecule is CNC(c1ccc2c(c1)COC2)c1cc(F)ccc1OC. The Morgan fingerprint density at radius 3 is 2.71 bits per heavy atom. The van der Waals surface area contributed by atoms with Crippen molar-refractivity contribution in [3.8, 4) is 5.75 Å². The Kier molecular flexibility index (Phi) is 3.90. The molecule has 1 atom stereocenters. The molecule has 0 saturated heterocycles. The van der Waals surface area contributed by atoms with E-state index in [0.29, 0.717) is 19.0 Å². The van der Waals surface area contributed by atoms with E-state index in [-0.39, 0.29) is 11.9 Å². The van der Waals surface area contributed by atoms with Crippen LogP contribution in [0, 0.1) is 5.82 Å². The van der Waals surface area contributed by atoms with Crippen LogP contribution in [0.3, 0.4) is 0 Å². The standard InChI is InChI=1S/C17H18FNO2/c1-19-17(15-8-14(18)5-6-16(15)20-2)11-3-4-12-9-21-10-13(12)7-11/h3-8,17,19H,9-10H2,1-2H3. The zero-order valence-corrected chi connectivity index (χ0v) is 12.2. The molecule has 0 bridgehead atoms. The van der Waals surface area contributed by atoms with Crippen LogP contribution in [-0.4, -0.2) is 14.2 Å². The number of fused-ring (bicyclic) bond motifs is 1. The molecular formula is C17H18FNO2. The van der Waals surface area contributed by atoms with Gasteiger partial charge in [0.1, 0.15) is 11.6 Å². The van der Waals surface area contributed by atoms with E-state index >= 15 is 0 Å². The molecule has 0 spiro atoms. The maximum Gasteiger partial charge on any atom is 0.124 e. The number of methoxy groups -OCH3 is 1. The Hall–Kier alpha value is -1.91. The summed E-state index contributed by atoms with van der Waals surface area (Å²) in [7, 11) is 3.46. The minimum absolute atomic E-state index is 0.124. The third-order valence-corrected chi connectivity index (χ3v) is 3.87. The monoisotopic (exact) mass is 287 g/mol. The number of nitrogens with one attached hydrogen (secondary N) is 1. The van der Waals surface area contributed by atoms with Crippen LogP contribution in [0.4, 0.5) is 4.39 Å². The van der Waals surface area contributed by atoms with Crippen LogP contribution < -0.4 is 10.1 Å². The second-order valence-electron chi connectivity index (χ2n) is 5.13. The van der Waals surface area contributed by atoms with Gasteiger partial charge in [0.25, 0.3) is 0 Å². The molecule has 110 valence electrons. The summed E-state index contributed by atoms with van der Waals surface area (Å²) < 4.78 is 24.4. The highest BCUT2D eigenvalue weighted by Gasteiger charge is 2.20. The van der Waals surface area contributed by atoms with Crippen LogP contribution in [0.15, 0.2) is 36.4 Å². The van der Waals surface area contributed by atoms with E-state index in [1.807, 2.05) is 7.05 Å². The fourth-order valence-electron chi connectivity index (χ4n) is 2.80. The van der Waals surface area contributed by atoms with Gasteiger partial charge in [-0.05, 0) is 41.9 Å². The third kappa shape index (κ3) is 2.64. The van der Waals surface area contributed by atoms with Crippen molar-refractivity contribution >= 4 is 0 Å². The summed E-state index contributed by atoms with van der Waals surface area (Å²) in [6.07, 6.45) is 0. The Labute approximate surface area is 123 Å². The maximum absolute atomic E-state index is 13.6. The van der Waals surface area contributed by atoms with Gasteiger partial charge in [-0.1, -0.05) is 18.2 Å². The number of benzene rings is 2. The van der Waals surface area contributed by atoms with Crippen molar-refractivity contribution in [3.05, 3.63) is 64.5 Å². The van der Waals surface area contributed by atoms with Crippen LogP contribution in [0.1, 0.15) is 28.3 Å². The van der Waals surface area contributed by atoms with Crippen molar-refractivity contribution in [2.24, 2.45) is 0 Å². The Balaban J connectivity index is 2.04. The van der Waals surface area contributed by atoms with E-state index in [9.17, 15) is 4.39 Å². The maximum atomic E-state index is 13.6. The lowest BCUT2D eigenvalue weighted by Gasteiger charge is -2.20. The smallest absolute Gasteiger partial charge is 0.124 e. The lowest BCUT2D eigenvalue weighted by molar-refractivity contribution is 0.134. The molecule has 0 saturated carbocycles. The van der Waals surface area contributed by atoms with Gasteiger partial charge in [0, 0.05) is 5.56 Å². The molecule has 0 radical (unpaired) electrons. The Morgan fingerprint density at radius 1 is 1.14 bits per heavy atom. The first-order valence-corrected chi connectivity index (χ1v) is 6.93. The first-order valence-electron chi connectivity index (χ1n) is 6.93. The molecule has 3 nitrogen and oxygen atoms in total. The van der Waals surface area contributed by atoms with E-state index < -0.39 is 0 Å². The second kappa shape index (κ2) is 5.84. The molecule has 4 heteroatoms. The molecule has 3 rings (SSSR count). The van der Waals surface area contributed by atoms with Crippen molar-refractivity contribution in [1.82, 2.24) is 5.32 Å². The molecule has 1 aliphatic heterocycles. The Morgan fingerprint density at radius 2 is 1.95 bits per heavy atom. The second-order valence-corrected chi connectivity index (χ2v) is 5.13. The molecule has 1 aliphatic rings. The average Bonchev–Trinajstić information content (AvgIpc) is 2.96. The van der Waals surface area contributed by atoms with Crippen LogP contribution in [0.2, 0.25) is 0 Å². The van der Waals surface area contributed by atoms with E-state index in [4.69, 9.17) is 9.47 Å². The predicted octanol–water partition coefficient (Wildman–Crippen LogP) is 3.17. The van der Waals surface area contributed by atoms with Gasteiger partial charge in [-0.2, -0.15) is 0 Å². The number of hydrogen-bond donors (Lipinski definition) is 1. The number of halogens is 1. The van der Waals surface area contributed by atoms with Gasteiger partial charge >= 0.3 is 0 Å². The van der Waals surface area contributed by atoms with E-state index in [1.54, 1.807) is 13.2 Å². The van der Waals surface area contributed by atoms with Gasteiger partial charge in [0.15, 0.2) is 0 Å². The molecule has 21 heavy (non-hydrogen) atoms. The molecule has 1 heterocycles. The lowest BCUT2D eigenvalue weighted by atomic mass is 9.95. The first-order chi connectivity index (χ1) is 10.2. The lowest BCUT2D eigenvalue weighted by Crippen LogP contribution is -2.19. The fraction of sp³-hybridized carbons (Fsp3) is 0.294. The summed E-state index contributed by atoms with van der Waals surface area (Å²) in [6.45, 7) is 1.31. The van der Waals surface area contributed by atoms with E-state index in [0.717, 1.165) is 11.1 Å². The van der Waals surface area contributed by atoms with Crippen molar-refractivity contribution in [3.63, 3.8) is 0 Å². The largest absolute Gasteiger partial charge is 0.496 e. The number of rotatable bonds is 4. The molecule has 1 N–H and O–H groups in total.